The van der Waals surface area contributed by atoms with Gasteiger partial charge in [0.1, 0.15) is 5.75 Å². The van der Waals surface area contributed by atoms with Crippen LogP contribution in [0.4, 0.5) is 0 Å². The fraction of sp³-hybridized carbons (Fsp3) is 0.632. The van der Waals surface area contributed by atoms with E-state index in [1.807, 2.05) is 12.1 Å². The highest BCUT2D eigenvalue weighted by molar-refractivity contribution is 5.78. The summed E-state index contributed by atoms with van der Waals surface area (Å²) in [5.41, 5.74) is 7.51. The van der Waals surface area contributed by atoms with Crippen molar-refractivity contribution in [2.75, 3.05) is 53.0 Å². The molecule has 2 heterocycles. The minimum atomic E-state index is 0.269. The Labute approximate surface area is 150 Å². The number of nitrogens with zero attached hydrogens (tertiary/aromatic N) is 3. The van der Waals surface area contributed by atoms with E-state index in [1.165, 1.54) is 24.8 Å². The quantitative estimate of drug-likeness (QED) is 0.651. The van der Waals surface area contributed by atoms with Crippen molar-refractivity contribution in [1.29, 1.82) is 0 Å². The summed E-state index contributed by atoms with van der Waals surface area (Å²) in [6, 6.07) is 8.63. The maximum atomic E-state index is 6.23. The number of piperidine rings is 1. The first-order valence-electron chi connectivity index (χ1n) is 9.28. The molecule has 6 heteroatoms. The van der Waals surface area contributed by atoms with E-state index in [-0.39, 0.29) is 6.04 Å². The summed E-state index contributed by atoms with van der Waals surface area (Å²) in [6.07, 6.45) is 3.84. The van der Waals surface area contributed by atoms with Gasteiger partial charge < -0.3 is 20.1 Å². The van der Waals surface area contributed by atoms with Gasteiger partial charge >= 0.3 is 0 Å². The predicted molar refractivity (Wildman–Crippen MR) is 100 cm³/mol. The molecule has 0 aliphatic carbocycles. The van der Waals surface area contributed by atoms with E-state index in [9.17, 15) is 0 Å². The highest BCUT2D eigenvalue weighted by atomic mass is 16.5. The van der Waals surface area contributed by atoms with Gasteiger partial charge in [0.25, 0.3) is 0 Å². The number of methoxy groups -OCH3 is 1. The Kier molecular flexibility index (Phi) is 6.53. The minimum absolute atomic E-state index is 0.269. The molecule has 2 aliphatic heterocycles. The number of ether oxygens (including phenoxy) is 2. The second kappa shape index (κ2) is 9.06. The first-order chi connectivity index (χ1) is 12.3. The highest BCUT2D eigenvalue weighted by Gasteiger charge is 2.23. The molecule has 0 aromatic heterocycles. The molecule has 2 aliphatic rings. The van der Waals surface area contributed by atoms with Crippen LogP contribution in [0.15, 0.2) is 29.3 Å². The number of likely N-dealkylation sites (tertiary alicyclic amines) is 1. The maximum absolute atomic E-state index is 6.23. The van der Waals surface area contributed by atoms with Crippen molar-refractivity contribution in [3.63, 3.8) is 0 Å². The lowest BCUT2D eigenvalue weighted by Crippen LogP contribution is -2.45. The molecule has 6 nitrogen and oxygen atoms in total. The lowest BCUT2D eigenvalue weighted by atomic mass is 10.0. The average Bonchev–Trinajstić information content (AvgIpc) is 2.70. The second-order valence-corrected chi connectivity index (χ2v) is 6.68. The normalized spacial score (nSPS) is 21.2. The van der Waals surface area contributed by atoms with E-state index in [0.29, 0.717) is 12.5 Å². The van der Waals surface area contributed by atoms with Crippen molar-refractivity contribution in [1.82, 2.24) is 9.80 Å². The van der Waals surface area contributed by atoms with Gasteiger partial charge in [0.15, 0.2) is 5.96 Å². The summed E-state index contributed by atoms with van der Waals surface area (Å²) in [7, 11) is 1.70. The zero-order valence-corrected chi connectivity index (χ0v) is 15.2. The molecule has 0 saturated carbocycles. The third-order valence-electron chi connectivity index (χ3n) is 5.09. The number of benzene rings is 1. The molecular weight excluding hydrogens is 316 g/mol. The molecule has 0 bridgehead atoms. The van der Waals surface area contributed by atoms with Crippen molar-refractivity contribution >= 4 is 5.96 Å². The lowest BCUT2D eigenvalue weighted by molar-refractivity contribution is 0.0673. The molecule has 0 spiro atoms. The molecule has 0 radical (unpaired) electrons. The molecule has 1 aromatic carbocycles. The van der Waals surface area contributed by atoms with Crippen LogP contribution in [0.5, 0.6) is 5.75 Å². The number of morpholine rings is 1. The Hall–Kier alpha value is -1.79. The molecule has 3 rings (SSSR count). The molecule has 1 aromatic rings. The summed E-state index contributed by atoms with van der Waals surface area (Å²) in [6.45, 7) is 6.05. The number of aliphatic imine (C=N–C) groups is 1. The van der Waals surface area contributed by atoms with Crippen molar-refractivity contribution in [3.8, 4) is 5.75 Å². The minimum Gasteiger partial charge on any atom is -0.497 e. The smallest absolute Gasteiger partial charge is 0.191 e. The van der Waals surface area contributed by atoms with E-state index in [1.54, 1.807) is 7.11 Å². The predicted octanol–water partition coefficient (Wildman–Crippen LogP) is 1.87. The molecule has 138 valence electrons. The van der Waals surface area contributed by atoms with E-state index in [4.69, 9.17) is 20.2 Å². The number of guanidine groups is 1. The molecule has 0 unspecified atom stereocenters. The van der Waals surface area contributed by atoms with Crippen LogP contribution in [0.1, 0.15) is 30.9 Å². The molecule has 25 heavy (non-hydrogen) atoms. The van der Waals surface area contributed by atoms with Crippen LogP contribution < -0.4 is 10.5 Å². The first kappa shape index (κ1) is 18.0. The van der Waals surface area contributed by atoms with Crippen molar-refractivity contribution in [2.24, 2.45) is 10.7 Å². The van der Waals surface area contributed by atoms with Gasteiger partial charge in [-0.05, 0) is 43.6 Å². The fourth-order valence-corrected chi connectivity index (χ4v) is 3.56. The van der Waals surface area contributed by atoms with Crippen LogP contribution in [-0.2, 0) is 4.74 Å². The van der Waals surface area contributed by atoms with E-state index in [2.05, 4.69) is 21.9 Å². The zero-order valence-electron chi connectivity index (χ0n) is 15.2. The average molecular weight is 346 g/mol. The monoisotopic (exact) mass is 346 g/mol. The Balaban J connectivity index is 1.72. The van der Waals surface area contributed by atoms with Crippen LogP contribution in [-0.4, -0.2) is 68.8 Å². The maximum Gasteiger partial charge on any atom is 0.191 e. The van der Waals surface area contributed by atoms with Crippen LogP contribution in [0.2, 0.25) is 0 Å². The molecule has 2 saturated heterocycles. The summed E-state index contributed by atoms with van der Waals surface area (Å²) < 4.78 is 10.7. The SMILES string of the molecule is COc1ccc([C@@H](CN=C(N)N2CCOCC2)N2CCCCC2)cc1. The summed E-state index contributed by atoms with van der Waals surface area (Å²) in [5, 5.41) is 0. The molecule has 2 N–H and O–H groups in total. The van der Waals surface area contributed by atoms with E-state index < -0.39 is 0 Å². The Morgan fingerprint density at radius 3 is 2.44 bits per heavy atom. The second-order valence-electron chi connectivity index (χ2n) is 6.68. The van der Waals surface area contributed by atoms with Crippen LogP contribution in [0.25, 0.3) is 0 Å². The van der Waals surface area contributed by atoms with Gasteiger partial charge in [-0.25, -0.2) is 0 Å². The van der Waals surface area contributed by atoms with Gasteiger partial charge in [-0.3, -0.25) is 9.89 Å². The van der Waals surface area contributed by atoms with Crippen molar-refractivity contribution in [3.05, 3.63) is 29.8 Å². The van der Waals surface area contributed by atoms with Gasteiger partial charge in [-0.15, -0.1) is 0 Å². The molecule has 2 fully saturated rings. The van der Waals surface area contributed by atoms with Crippen molar-refractivity contribution in [2.45, 2.75) is 25.3 Å². The van der Waals surface area contributed by atoms with Crippen LogP contribution >= 0.6 is 0 Å². The number of hydrogen-bond donors (Lipinski definition) is 1. The van der Waals surface area contributed by atoms with Gasteiger partial charge in [-0.1, -0.05) is 18.6 Å². The third-order valence-corrected chi connectivity index (χ3v) is 5.09. The summed E-state index contributed by atoms with van der Waals surface area (Å²) >= 11 is 0. The zero-order chi connectivity index (χ0) is 17.5. The van der Waals surface area contributed by atoms with Gasteiger partial charge in [-0.2, -0.15) is 0 Å². The van der Waals surface area contributed by atoms with E-state index in [0.717, 1.165) is 45.1 Å². The van der Waals surface area contributed by atoms with E-state index >= 15 is 0 Å². The fourth-order valence-electron chi connectivity index (χ4n) is 3.56. The summed E-state index contributed by atoms with van der Waals surface area (Å²) in [5.74, 6) is 1.52. The molecule has 0 amide bonds. The number of rotatable bonds is 5. The van der Waals surface area contributed by atoms with Crippen molar-refractivity contribution < 1.29 is 9.47 Å². The Morgan fingerprint density at radius 1 is 1.12 bits per heavy atom. The van der Waals surface area contributed by atoms with Gasteiger partial charge in [0.05, 0.1) is 32.9 Å². The summed E-state index contributed by atoms with van der Waals surface area (Å²) in [4.78, 5) is 9.39. The molecule has 1 atom stereocenters. The Bertz CT molecular complexity index is 549. The third kappa shape index (κ3) is 4.86. The number of hydrogen-bond acceptors (Lipinski definition) is 4. The van der Waals surface area contributed by atoms with Crippen LogP contribution in [0.3, 0.4) is 0 Å². The van der Waals surface area contributed by atoms with Gasteiger partial charge in [0.2, 0.25) is 0 Å². The Morgan fingerprint density at radius 2 is 1.80 bits per heavy atom. The standard InChI is InChI=1S/C19H30N4O2/c1-24-17-7-5-16(6-8-17)18(22-9-3-2-4-10-22)15-21-19(20)23-11-13-25-14-12-23/h5-8,18H,2-4,9-15H2,1H3,(H2,20,21)/t18-/m1/s1. The number of nitrogens with two attached hydrogens (primary N) is 1. The lowest BCUT2D eigenvalue weighted by Gasteiger charge is -2.34. The highest BCUT2D eigenvalue weighted by Crippen LogP contribution is 2.26. The first-order valence-corrected chi connectivity index (χ1v) is 9.28. The van der Waals surface area contributed by atoms with Crippen LogP contribution in [0, 0.1) is 0 Å². The topological polar surface area (TPSA) is 63.3 Å². The van der Waals surface area contributed by atoms with Gasteiger partial charge in [0, 0.05) is 13.1 Å². The molecular formula is C19H30N4O2. The largest absolute Gasteiger partial charge is 0.497 e.